The summed E-state index contributed by atoms with van der Waals surface area (Å²) in [6.45, 7) is 1.95. The summed E-state index contributed by atoms with van der Waals surface area (Å²) in [5.41, 5.74) is 4.47. The van der Waals surface area contributed by atoms with Gasteiger partial charge in [-0.2, -0.15) is 5.10 Å². The maximum atomic E-state index is 12.6. The van der Waals surface area contributed by atoms with Crippen LogP contribution in [0.4, 0.5) is 0 Å². The minimum atomic E-state index is -0.638. The number of fused-ring (bicyclic) bond motifs is 2. The number of nitrogens with zero attached hydrogens (tertiary/aromatic N) is 3. The lowest BCUT2D eigenvalue weighted by molar-refractivity contribution is -0.138. The third-order valence-electron chi connectivity index (χ3n) is 5.22. The largest absolute Gasteiger partial charge is 0.315 e. The van der Waals surface area contributed by atoms with E-state index >= 15 is 0 Å². The van der Waals surface area contributed by atoms with E-state index < -0.39 is 17.9 Å². The number of hydrogen-bond acceptors (Lipinski definition) is 6. The topological polar surface area (TPSA) is 113 Å². The number of aryl methyl sites for hydroxylation is 1. The molecule has 1 aromatic carbocycles. The Morgan fingerprint density at radius 2 is 1.93 bits per heavy atom. The van der Waals surface area contributed by atoms with Gasteiger partial charge < -0.3 is 4.90 Å². The van der Waals surface area contributed by atoms with Gasteiger partial charge in [0.1, 0.15) is 6.04 Å². The standard InChI is InChI=1S/C18H19N5O4S/c1-18-8-7-13(24)23(18)12(9-28-18)15(25)19-20-16(26)14-10-5-3-4-6-11(10)17(27)22(2)21-14/h3-6,12H,7-9H2,1-2H3,(H,19,25)(H,20,26)/t12-,18-/m1/s1. The van der Waals surface area contributed by atoms with E-state index in [1.807, 2.05) is 6.92 Å². The first-order chi connectivity index (χ1) is 13.3. The number of carbonyl (C=O) groups is 3. The van der Waals surface area contributed by atoms with Crippen molar-refractivity contribution in [3.63, 3.8) is 0 Å². The van der Waals surface area contributed by atoms with Crippen molar-refractivity contribution < 1.29 is 14.4 Å². The van der Waals surface area contributed by atoms with Crippen molar-refractivity contribution in [3.05, 3.63) is 40.3 Å². The molecule has 0 saturated carbocycles. The van der Waals surface area contributed by atoms with Crippen LogP contribution in [0, 0.1) is 0 Å². The van der Waals surface area contributed by atoms with Crippen molar-refractivity contribution in [3.8, 4) is 0 Å². The molecular formula is C18H19N5O4S. The van der Waals surface area contributed by atoms with Gasteiger partial charge in [0.25, 0.3) is 17.4 Å². The molecule has 28 heavy (non-hydrogen) atoms. The second-order valence-electron chi connectivity index (χ2n) is 7.03. The molecule has 0 aliphatic carbocycles. The summed E-state index contributed by atoms with van der Waals surface area (Å²) in [5, 5.41) is 4.79. The fourth-order valence-corrected chi connectivity index (χ4v) is 5.17. The maximum absolute atomic E-state index is 12.6. The summed E-state index contributed by atoms with van der Waals surface area (Å²) >= 11 is 1.57. The number of rotatable bonds is 2. The third-order valence-corrected chi connectivity index (χ3v) is 6.72. The molecule has 146 valence electrons. The maximum Gasteiger partial charge on any atom is 0.290 e. The smallest absolute Gasteiger partial charge is 0.290 e. The minimum Gasteiger partial charge on any atom is -0.315 e. The van der Waals surface area contributed by atoms with Crippen molar-refractivity contribution in [2.45, 2.75) is 30.7 Å². The van der Waals surface area contributed by atoms with Gasteiger partial charge in [-0.05, 0) is 19.4 Å². The van der Waals surface area contributed by atoms with E-state index in [2.05, 4.69) is 16.0 Å². The van der Waals surface area contributed by atoms with Crippen molar-refractivity contribution in [2.24, 2.45) is 7.05 Å². The highest BCUT2D eigenvalue weighted by Gasteiger charge is 2.52. The van der Waals surface area contributed by atoms with Crippen LogP contribution in [0.15, 0.2) is 29.1 Å². The molecule has 0 unspecified atom stereocenters. The Morgan fingerprint density at radius 3 is 2.68 bits per heavy atom. The Labute approximate surface area is 164 Å². The molecular weight excluding hydrogens is 382 g/mol. The fourth-order valence-electron chi connectivity index (χ4n) is 3.74. The van der Waals surface area contributed by atoms with Crippen LogP contribution in [-0.2, 0) is 16.6 Å². The van der Waals surface area contributed by atoms with Crippen molar-refractivity contribution >= 4 is 40.3 Å². The van der Waals surface area contributed by atoms with Crippen LogP contribution in [0.1, 0.15) is 30.3 Å². The van der Waals surface area contributed by atoms with E-state index in [9.17, 15) is 19.2 Å². The highest BCUT2D eigenvalue weighted by atomic mass is 32.2. The molecule has 2 saturated heterocycles. The van der Waals surface area contributed by atoms with Gasteiger partial charge in [0, 0.05) is 24.6 Å². The molecule has 0 bridgehead atoms. The lowest BCUT2D eigenvalue weighted by Gasteiger charge is -2.29. The minimum absolute atomic E-state index is 0.0286. The van der Waals surface area contributed by atoms with Crippen LogP contribution in [0.3, 0.4) is 0 Å². The van der Waals surface area contributed by atoms with E-state index in [4.69, 9.17) is 0 Å². The van der Waals surface area contributed by atoms with E-state index in [1.165, 1.54) is 7.05 Å². The number of hydrogen-bond donors (Lipinski definition) is 2. The quantitative estimate of drug-likeness (QED) is 0.693. The number of hydrazine groups is 1. The first-order valence-corrected chi connectivity index (χ1v) is 9.83. The monoisotopic (exact) mass is 401 g/mol. The van der Waals surface area contributed by atoms with Crippen molar-refractivity contribution in [1.82, 2.24) is 25.5 Å². The number of carbonyl (C=O) groups excluding carboxylic acids is 3. The average Bonchev–Trinajstić information content (AvgIpc) is 3.18. The van der Waals surface area contributed by atoms with Gasteiger partial charge in [0.2, 0.25) is 5.91 Å². The van der Waals surface area contributed by atoms with Crippen LogP contribution in [0.2, 0.25) is 0 Å². The third kappa shape index (κ3) is 2.84. The molecule has 4 rings (SSSR count). The summed E-state index contributed by atoms with van der Waals surface area (Å²) in [6, 6.07) is 6.02. The molecule has 2 N–H and O–H groups in total. The average molecular weight is 401 g/mol. The number of benzene rings is 1. The number of amides is 3. The van der Waals surface area contributed by atoms with Crippen molar-refractivity contribution in [2.75, 3.05) is 5.75 Å². The molecule has 2 atom stereocenters. The predicted octanol–water partition coefficient (Wildman–Crippen LogP) is 0.149. The highest BCUT2D eigenvalue weighted by Crippen LogP contribution is 2.47. The molecule has 3 amide bonds. The van der Waals surface area contributed by atoms with E-state index in [0.717, 1.165) is 4.68 Å². The van der Waals surface area contributed by atoms with Crippen LogP contribution in [-0.4, -0.2) is 49.1 Å². The summed E-state index contributed by atoms with van der Waals surface area (Å²) in [7, 11) is 1.46. The summed E-state index contributed by atoms with van der Waals surface area (Å²) < 4.78 is 1.08. The Morgan fingerprint density at radius 1 is 1.21 bits per heavy atom. The predicted molar refractivity (Wildman–Crippen MR) is 103 cm³/mol. The molecule has 0 spiro atoms. The Bertz CT molecular complexity index is 1070. The molecule has 2 aliphatic rings. The van der Waals surface area contributed by atoms with E-state index in [1.54, 1.807) is 40.9 Å². The highest BCUT2D eigenvalue weighted by molar-refractivity contribution is 8.01. The van der Waals surface area contributed by atoms with Gasteiger partial charge in [-0.1, -0.05) is 18.2 Å². The molecule has 2 aliphatic heterocycles. The molecule has 3 heterocycles. The van der Waals surface area contributed by atoms with Crippen LogP contribution in [0.25, 0.3) is 10.8 Å². The molecule has 9 nitrogen and oxygen atoms in total. The Kier molecular flexibility index (Phi) is 4.37. The first-order valence-electron chi connectivity index (χ1n) is 8.84. The first kappa shape index (κ1) is 18.5. The van der Waals surface area contributed by atoms with Crippen LogP contribution < -0.4 is 16.4 Å². The zero-order valence-corrected chi connectivity index (χ0v) is 16.2. The van der Waals surface area contributed by atoms with Gasteiger partial charge in [0.15, 0.2) is 5.69 Å². The van der Waals surface area contributed by atoms with Gasteiger partial charge in [-0.15, -0.1) is 11.8 Å². The second-order valence-corrected chi connectivity index (χ2v) is 8.53. The van der Waals surface area contributed by atoms with Gasteiger partial charge >= 0.3 is 0 Å². The van der Waals surface area contributed by atoms with Gasteiger partial charge in [0.05, 0.1) is 10.3 Å². The van der Waals surface area contributed by atoms with Gasteiger partial charge in [-0.25, -0.2) is 4.68 Å². The van der Waals surface area contributed by atoms with Crippen LogP contribution >= 0.6 is 11.8 Å². The molecule has 2 fully saturated rings. The number of thioether (sulfide) groups is 1. The molecule has 10 heteroatoms. The van der Waals surface area contributed by atoms with E-state index in [0.29, 0.717) is 29.4 Å². The van der Waals surface area contributed by atoms with Crippen LogP contribution in [0.5, 0.6) is 0 Å². The molecule has 0 radical (unpaired) electrons. The fraction of sp³-hybridized carbons (Fsp3) is 0.389. The molecule has 2 aromatic rings. The zero-order chi connectivity index (χ0) is 20.1. The Hall–Kier alpha value is -2.88. The second kappa shape index (κ2) is 6.62. The summed E-state index contributed by atoms with van der Waals surface area (Å²) in [6.07, 6.45) is 1.13. The summed E-state index contributed by atoms with van der Waals surface area (Å²) in [4.78, 5) is 50.8. The lowest BCUT2D eigenvalue weighted by Crippen LogP contribution is -2.54. The lowest BCUT2D eigenvalue weighted by atomic mass is 10.1. The Balaban J connectivity index is 1.52. The van der Waals surface area contributed by atoms with E-state index in [-0.39, 0.29) is 22.0 Å². The zero-order valence-electron chi connectivity index (χ0n) is 15.4. The van der Waals surface area contributed by atoms with Gasteiger partial charge in [-0.3, -0.25) is 30.0 Å². The van der Waals surface area contributed by atoms with Crippen molar-refractivity contribution in [1.29, 1.82) is 0 Å². The summed E-state index contributed by atoms with van der Waals surface area (Å²) in [5.74, 6) is -0.662. The number of nitrogens with one attached hydrogen (secondary N) is 2. The number of aromatic nitrogens is 2. The normalized spacial score (nSPS) is 23.7. The molecule has 1 aromatic heterocycles. The SMILES string of the molecule is Cn1nc(C(=O)NNC(=O)[C@H]2CS[C@]3(C)CCC(=O)N23)c2ccccc2c1=O.